The lowest BCUT2D eigenvalue weighted by molar-refractivity contribution is -0.553. The highest BCUT2D eigenvalue weighted by Crippen LogP contribution is 2.20. The Morgan fingerprint density at radius 2 is 1.70 bits per heavy atom. The van der Waals surface area contributed by atoms with Crippen molar-refractivity contribution in [2.75, 3.05) is 0 Å². The van der Waals surface area contributed by atoms with Gasteiger partial charge in [0.2, 0.25) is 0 Å². The lowest BCUT2D eigenvalue weighted by atomic mass is 10.2. The van der Waals surface area contributed by atoms with Gasteiger partial charge in [0.25, 0.3) is 11.0 Å². The van der Waals surface area contributed by atoms with Gasteiger partial charge in [-0.3, -0.25) is 0 Å². The molecule has 98 valence electrons. The minimum atomic E-state index is 1.07. The minimum absolute atomic E-state index is 1.07. The van der Waals surface area contributed by atoms with Gasteiger partial charge in [-0.2, -0.15) is 0 Å². The summed E-state index contributed by atoms with van der Waals surface area (Å²) in [5.41, 5.74) is 8.21. The molecular weight excluding hydrogens is 246 g/mol. The van der Waals surface area contributed by atoms with Crippen LogP contribution in [0.5, 0.6) is 0 Å². The first-order chi connectivity index (χ1) is 9.65. The second-order valence-corrected chi connectivity index (χ2v) is 5.47. The maximum absolute atomic E-state index is 4.78. The van der Waals surface area contributed by atoms with E-state index in [-0.39, 0.29) is 0 Å². The molecule has 0 N–H and O–H groups in total. The number of hydrogen-bond acceptors (Lipinski definition) is 1. The second-order valence-electron chi connectivity index (χ2n) is 5.47. The molecule has 0 unspecified atom stereocenters. The lowest BCUT2D eigenvalue weighted by Gasteiger charge is -2.04. The largest absolute Gasteiger partial charge is 0.305 e. The first-order valence-electron chi connectivity index (χ1n) is 6.85. The Kier molecular flexibility index (Phi) is 2.16. The first kappa shape index (κ1) is 11.4. The minimum Gasteiger partial charge on any atom is -0.305 e. The van der Waals surface area contributed by atoms with Crippen LogP contribution >= 0.6 is 0 Å². The van der Waals surface area contributed by atoms with Crippen LogP contribution in [0.1, 0.15) is 16.8 Å². The van der Waals surface area contributed by atoms with Crippen LogP contribution in [0.15, 0.2) is 42.6 Å². The number of fused-ring (bicyclic) bond motifs is 6. The van der Waals surface area contributed by atoms with Gasteiger partial charge >= 0.3 is 0 Å². The zero-order valence-electron chi connectivity index (χ0n) is 11.9. The molecule has 3 nitrogen and oxygen atoms in total. The van der Waals surface area contributed by atoms with E-state index in [4.69, 9.17) is 5.10 Å². The Hall–Kier alpha value is -2.42. The van der Waals surface area contributed by atoms with Gasteiger partial charge in [-0.05, 0) is 54.6 Å². The maximum Gasteiger partial charge on any atom is 0.262 e. The first-order valence-corrected chi connectivity index (χ1v) is 6.85. The average Bonchev–Trinajstić information content (AvgIpc) is 2.90. The molecule has 0 spiro atoms. The van der Waals surface area contributed by atoms with E-state index in [9.17, 15) is 0 Å². The molecular formula is C17H16N3+. The van der Waals surface area contributed by atoms with Crippen LogP contribution in [0.25, 0.3) is 22.1 Å². The van der Waals surface area contributed by atoms with Crippen LogP contribution in [0.2, 0.25) is 0 Å². The second kappa shape index (κ2) is 3.79. The molecule has 0 fully saturated rings. The average molecular weight is 262 g/mol. The summed E-state index contributed by atoms with van der Waals surface area (Å²) in [4.78, 5) is 0. The Morgan fingerprint density at radius 3 is 2.55 bits per heavy atom. The predicted octanol–water partition coefficient (Wildman–Crippen LogP) is 3.15. The van der Waals surface area contributed by atoms with Gasteiger partial charge in [0.05, 0.1) is 0 Å². The van der Waals surface area contributed by atoms with Crippen molar-refractivity contribution in [2.24, 2.45) is 0 Å². The SMILES string of the molecule is Cc1ccc2c(c1)[n+]1nc(C)c(C)cc1c1cccn21. The Bertz CT molecular complexity index is 980. The van der Waals surface area contributed by atoms with Gasteiger partial charge in [-0.25, -0.2) is 0 Å². The molecule has 4 aromatic rings. The van der Waals surface area contributed by atoms with Crippen LogP contribution in [-0.2, 0) is 0 Å². The van der Waals surface area contributed by atoms with Crippen molar-refractivity contribution in [3.63, 3.8) is 0 Å². The molecule has 0 aliphatic heterocycles. The molecule has 0 atom stereocenters. The molecule has 3 heterocycles. The molecule has 0 bridgehead atoms. The van der Waals surface area contributed by atoms with Crippen LogP contribution in [0.3, 0.4) is 0 Å². The third kappa shape index (κ3) is 1.40. The van der Waals surface area contributed by atoms with E-state index in [0.717, 1.165) is 16.7 Å². The van der Waals surface area contributed by atoms with E-state index in [0.29, 0.717) is 0 Å². The van der Waals surface area contributed by atoms with Gasteiger partial charge in [-0.15, -0.1) is 0 Å². The van der Waals surface area contributed by atoms with E-state index in [2.05, 4.69) is 72.3 Å². The Balaban J connectivity index is 2.40. The molecule has 3 heteroatoms. The van der Waals surface area contributed by atoms with Gasteiger partial charge in [0, 0.05) is 23.4 Å². The van der Waals surface area contributed by atoms with Crippen LogP contribution in [0.4, 0.5) is 0 Å². The summed E-state index contributed by atoms with van der Waals surface area (Å²) in [5.74, 6) is 0. The number of benzene rings is 1. The zero-order valence-corrected chi connectivity index (χ0v) is 11.9. The number of aromatic nitrogens is 3. The number of hydrogen-bond donors (Lipinski definition) is 0. The quantitative estimate of drug-likeness (QED) is 0.352. The molecule has 4 rings (SSSR count). The van der Waals surface area contributed by atoms with Crippen LogP contribution in [0, 0.1) is 20.8 Å². The number of nitrogens with zero attached hydrogens (tertiary/aromatic N) is 3. The van der Waals surface area contributed by atoms with Crippen molar-refractivity contribution in [1.82, 2.24) is 9.50 Å². The molecule has 1 aromatic carbocycles. The van der Waals surface area contributed by atoms with Crippen LogP contribution in [-0.4, -0.2) is 9.50 Å². The van der Waals surface area contributed by atoms with Crippen molar-refractivity contribution < 1.29 is 4.52 Å². The van der Waals surface area contributed by atoms with Crippen molar-refractivity contribution in [2.45, 2.75) is 20.8 Å². The molecule has 0 radical (unpaired) electrons. The highest BCUT2D eigenvalue weighted by Gasteiger charge is 2.18. The molecule has 3 aromatic heterocycles. The van der Waals surface area contributed by atoms with E-state index >= 15 is 0 Å². The zero-order chi connectivity index (χ0) is 13.9. The molecule has 0 aliphatic carbocycles. The summed E-state index contributed by atoms with van der Waals surface area (Å²) in [6.45, 7) is 6.29. The van der Waals surface area contributed by atoms with Gasteiger partial charge in [0.15, 0.2) is 0 Å². The third-order valence-electron chi connectivity index (χ3n) is 4.03. The number of rotatable bonds is 0. The van der Waals surface area contributed by atoms with E-state index in [1.807, 2.05) is 0 Å². The highest BCUT2D eigenvalue weighted by molar-refractivity contribution is 5.83. The lowest BCUT2D eigenvalue weighted by Crippen LogP contribution is -2.30. The van der Waals surface area contributed by atoms with E-state index in [1.54, 1.807) is 0 Å². The molecule has 0 amide bonds. The highest BCUT2D eigenvalue weighted by atomic mass is 15.2. The number of aryl methyl sites for hydroxylation is 3. The fourth-order valence-electron chi connectivity index (χ4n) is 2.83. The smallest absolute Gasteiger partial charge is 0.262 e. The van der Waals surface area contributed by atoms with E-state index in [1.165, 1.54) is 22.2 Å². The Morgan fingerprint density at radius 1 is 0.950 bits per heavy atom. The predicted molar refractivity (Wildman–Crippen MR) is 80.1 cm³/mol. The van der Waals surface area contributed by atoms with E-state index < -0.39 is 0 Å². The van der Waals surface area contributed by atoms with Crippen molar-refractivity contribution >= 4 is 22.1 Å². The standard InChI is InChI=1S/C17H16N3/c1-11-6-7-15-16(9-11)20-17(10-12(2)13(3)18-20)14-5-4-8-19(14)15/h4-10H,1-3H3/q+1. The fourth-order valence-corrected chi connectivity index (χ4v) is 2.83. The summed E-state index contributed by atoms with van der Waals surface area (Å²) >= 11 is 0. The molecule has 20 heavy (non-hydrogen) atoms. The summed E-state index contributed by atoms with van der Waals surface area (Å²) < 4.78 is 4.31. The normalized spacial score (nSPS) is 11.8. The summed E-state index contributed by atoms with van der Waals surface area (Å²) in [7, 11) is 0. The summed E-state index contributed by atoms with van der Waals surface area (Å²) in [6, 6.07) is 13.0. The summed E-state index contributed by atoms with van der Waals surface area (Å²) in [6.07, 6.45) is 2.11. The molecule has 0 saturated carbocycles. The van der Waals surface area contributed by atoms with Crippen molar-refractivity contribution in [3.05, 3.63) is 59.4 Å². The van der Waals surface area contributed by atoms with Gasteiger partial charge in [0.1, 0.15) is 16.7 Å². The summed E-state index contributed by atoms with van der Waals surface area (Å²) in [5, 5.41) is 4.78. The van der Waals surface area contributed by atoms with Gasteiger partial charge < -0.3 is 4.40 Å². The molecule has 0 aliphatic rings. The monoisotopic (exact) mass is 262 g/mol. The van der Waals surface area contributed by atoms with Gasteiger partial charge in [-0.1, -0.05) is 6.07 Å². The third-order valence-corrected chi connectivity index (χ3v) is 4.03. The van der Waals surface area contributed by atoms with Crippen LogP contribution < -0.4 is 4.52 Å². The van der Waals surface area contributed by atoms with Crippen molar-refractivity contribution in [3.8, 4) is 0 Å². The topological polar surface area (TPSA) is 21.4 Å². The van der Waals surface area contributed by atoms with Crippen molar-refractivity contribution in [1.29, 1.82) is 0 Å². The molecule has 0 saturated heterocycles. The fraction of sp³-hybridized carbons (Fsp3) is 0.176. The maximum atomic E-state index is 4.78. The Labute approximate surface area is 117 Å².